The largest absolute Gasteiger partial charge is 0.263 e. The van der Waals surface area contributed by atoms with Gasteiger partial charge in [0.25, 0.3) is 0 Å². The first kappa shape index (κ1) is 10.3. The van der Waals surface area contributed by atoms with Gasteiger partial charge in [-0.3, -0.25) is 4.68 Å². The molecule has 0 aliphatic rings. The molecule has 0 amide bonds. The summed E-state index contributed by atoms with van der Waals surface area (Å²) in [6, 6.07) is 3.85. The molecule has 0 N–H and O–H groups in total. The zero-order valence-corrected chi connectivity index (χ0v) is 9.98. The lowest BCUT2D eigenvalue weighted by atomic mass is 10.3. The molecule has 78 valence electrons. The topological polar surface area (TPSA) is 43.6 Å². The third-order valence-electron chi connectivity index (χ3n) is 2.05. The fourth-order valence-electron chi connectivity index (χ4n) is 1.41. The van der Waals surface area contributed by atoms with Crippen molar-refractivity contribution in [3.63, 3.8) is 0 Å². The molecule has 0 aromatic carbocycles. The lowest BCUT2D eigenvalue weighted by Gasteiger charge is -2.04. The van der Waals surface area contributed by atoms with E-state index in [1.807, 2.05) is 16.8 Å². The van der Waals surface area contributed by atoms with Crippen LogP contribution in [0.3, 0.4) is 0 Å². The quantitative estimate of drug-likeness (QED) is 0.802. The van der Waals surface area contributed by atoms with E-state index in [0.717, 1.165) is 29.0 Å². The van der Waals surface area contributed by atoms with Crippen molar-refractivity contribution in [2.75, 3.05) is 0 Å². The van der Waals surface area contributed by atoms with Gasteiger partial charge in [0.2, 0.25) is 0 Å². The van der Waals surface area contributed by atoms with Crippen LogP contribution in [0.25, 0.3) is 11.4 Å². The molecule has 0 unspecified atom stereocenters. The van der Waals surface area contributed by atoms with Gasteiger partial charge in [-0.2, -0.15) is 5.10 Å². The predicted molar refractivity (Wildman–Crippen MR) is 61.2 cm³/mol. The minimum Gasteiger partial charge on any atom is -0.263 e. The highest BCUT2D eigenvalue weighted by atomic mass is 79.9. The number of aromatic nitrogens is 4. The smallest absolute Gasteiger partial charge is 0.117 e. The Morgan fingerprint density at radius 2 is 2.27 bits per heavy atom. The molecule has 5 heteroatoms. The van der Waals surface area contributed by atoms with E-state index in [4.69, 9.17) is 0 Å². The normalized spacial score (nSPS) is 10.5. The minimum absolute atomic E-state index is 0.789. The van der Waals surface area contributed by atoms with E-state index in [0.29, 0.717) is 0 Å². The molecule has 0 spiro atoms. The van der Waals surface area contributed by atoms with Crippen LogP contribution in [0.2, 0.25) is 0 Å². The van der Waals surface area contributed by atoms with E-state index >= 15 is 0 Å². The minimum atomic E-state index is 0.789. The fourth-order valence-corrected chi connectivity index (χ4v) is 1.72. The van der Waals surface area contributed by atoms with Gasteiger partial charge in [0, 0.05) is 12.7 Å². The van der Waals surface area contributed by atoms with E-state index in [1.165, 1.54) is 0 Å². The van der Waals surface area contributed by atoms with Gasteiger partial charge in [-0.25, -0.2) is 9.97 Å². The lowest BCUT2D eigenvalue weighted by molar-refractivity contribution is 0.608. The Balaban J connectivity index is 2.40. The number of hydrogen-bond donors (Lipinski definition) is 0. The van der Waals surface area contributed by atoms with E-state index < -0.39 is 0 Å². The molecule has 2 aromatic heterocycles. The van der Waals surface area contributed by atoms with Gasteiger partial charge in [-0.15, -0.1) is 0 Å². The maximum atomic E-state index is 4.25. The van der Waals surface area contributed by atoms with E-state index in [2.05, 4.69) is 37.9 Å². The van der Waals surface area contributed by atoms with Crippen molar-refractivity contribution in [1.82, 2.24) is 19.7 Å². The molecular weight excluding hydrogens is 256 g/mol. The SMILES string of the molecule is CCCn1nccc1-c1cc(Br)ncn1. The van der Waals surface area contributed by atoms with Crippen LogP contribution in [0.15, 0.2) is 29.3 Å². The summed E-state index contributed by atoms with van der Waals surface area (Å²) in [7, 11) is 0. The highest BCUT2D eigenvalue weighted by molar-refractivity contribution is 9.10. The molecular formula is C10H11BrN4. The molecule has 2 rings (SSSR count). The monoisotopic (exact) mass is 266 g/mol. The Hall–Kier alpha value is -1.23. The molecule has 15 heavy (non-hydrogen) atoms. The van der Waals surface area contributed by atoms with Crippen LogP contribution < -0.4 is 0 Å². The summed E-state index contributed by atoms with van der Waals surface area (Å²) in [6.45, 7) is 3.03. The predicted octanol–water partition coefficient (Wildman–Crippen LogP) is 2.51. The second-order valence-corrected chi connectivity index (χ2v) is 3.98. The molecule has 2 heterocycles. The van der Waals surface area contributed by atoms with Crippen molar-refractivity contribution >= 4 is 15.9 Å². The number of halogens is 1. The zero-order chi connectivity index (χ0) is 10.7. The van der Waals surface area contributed by atoms with Crippen LogP contribution in [-0.2, 0) is 6.54 Å². The Morgan fingerprint density at radius 3 is 3.00 bits per heavy atom. The van der Waals surface area contributed by atoms with Gasteiger partial charge in [0.05, 0.1) is 11.4 Å². The molecule has 0 atom stereocenters. The summed E-state index contributed by atoms with van der Waals surface area (Å²) in [4.78, 5) is 8.22. The Labute approximate surface area is 96.5 Å². The van der Waals surface area contributed by atoms with Crippen molar-refractivity contribution < 1.29 is 0 Å². The second kappa shape index (κ2) is 4.53. The molecule has 0 saturated heterocycles. The first-order valence-corrected chi connectivity index (χ1v) is 5.60. The van der Waals surface area contributed by atoms with Crippen molar-refractivity contribution in [3.8, 4) is 11.4 Å². The first-order chi connectivity index (χ1) is 7.31. The summed E-state index contributed by atoms with van der Waals surface area (Å²) in [5, 5.41) is 4.25. The van der Waals surface area contributed by atoms with Gasteiger partial charge in [-0.05, 0) is 34.5 Å². The average molecular weight is 267 g/mol. The summed E-state index contributed by atoms with van der Waals surface area (Å²) >= 11 is 3.33. The van der Waals surface area contributed by atoms with Crippen molar-refractivity contribution in [3.05, 3.63) is 29.3 Å². The van der Waals surface area contributed by atoms with Gasteiger partial charge >= 0.3 is 0 Å². The first-order valence-electron chi connectivity index (χ1n) is 4.81. The highest BCUT2D eigenvalue weighted by Gasteiger charge is 2.06. The zero-order valence-electron chi connectivity index (χ0n) is 8.39. The highest BCUT2D eigenvalue weighted by Crippen LogP contribution is 2.18. The number of aryl methyl sites for hydroxylation is 1. The third-order valence-corrected chi connectivity index (χ3v) is 2.48. The lowest BCUT2D eigenvalue weighted by Crippen LogP contribution is -2.02. The van der Waals surface area contributed by atoms with E-state index in [-0.39, 0.29) is 0 Å². The maximum Gasteiger partial charge on any atom is 0.117 e. The summed E-state index contributed by atoms with van der Waals surface area (Å²) < 4.78 is 2.74. The summed E-state index contributed by atoms with van der Waals surface area (Å²) in [5.74, 6) is 0. The van der Waals surface area contributed by atoms with Crippen molar-refractivity contribution in [1.29, 1.82) is 0 Å². The third kappa shape index (κ3) is 2.23. The van der Waals surface area contributed by atoms with Crippen LogP contribution in [0.4, 0.5) is 0 Å². The van der Waals surface area contributed by atoms with Gasteiger partial charge < -0.3 is 0 Å². The molecule has 2 aromatic rings. The van der Waals surface area contributed by atoms with E-state index in [1.54, 1.807) is 12.5 Å². The van der Waals surface area contributed by atoms with Crippen LogP contribution >= 0.6 is 15.9 Å². The number of nitrogens with zero attached hydrogens (tertiary/aromatic N) is 4. The fraction of sp³-hybridized carbons (Fsp3) is 0.300. The Kier molecular flexibility index (Phi) is 3.11. The van der Waals surface area contributed by atoms with Crippen LogP contribution in [0.1, 0.15) is 13.3 Å². The van der Waals surface area contributed by atoms with Gasteiger partial charge in [0.1, 0.15) is 10.9 Å². The summed E-state index contributed by atoms with van der Waals surface area (Å²) in [6.07, 6.45) is 4.39. The number of hydrogen-bond acceptors (Lipinski definition) is 3. The summed E-state index contributed by atoms with van der Waals surface area (Å²) in [5.41, 5.74) is 1.92. The molecule has 0 aliphatic carbocycles. The Bertz CT molecular complexity index is 452. The van der Waals surface area contributed by atoms with Crippen LogP contribution in [0.5, 0.6) is 0 Å². The van der Waals surface area contributed by atoms with E-state index in [9.17, 15) is 0 Å². The van der Waals surface area contributed by atoms with Crippen molar-refractivity contribution in [2.45, 2.75) is 19.9 Å². The van der Waals surface area contributed by atoms with Crippen molar-refractivity contribution in [2.24, 2.45) is 0 Å². The number of rotatable bonds is 3. The molecule has 0 bridgehead atoms. The van der Waals surface area contributed by atoms with Crippen LogP contribution in [0, 0.1) is 0 Å². The molecule has 0 aliphatic heterocycles. The van der Waals surface area contributed by atoms with Gasteiger partial charge in [-0.1, -0.05) is 6.92 Å². The second-order valence-electron chi connectivity index (χ2n) is 3.17. The van der Waals surface area contributed by atoms with Crippen LogP contribution in [-0.4, -0.2) is 19.7 Å². The maximum absolute atomic E-state index is 4.25. The molecule has 4 nitrogen and oxygen atoms in total. The Morgan fingerprint density at radius 1 is 1.40 bits per heavy atom. The molecule has 0 radical (unpaired) electrons. The molecule has 0 saturated carbocycles. The van der Waals surface area contributed by atoms with Gasteiger partial charge in [0.15, 0.2) is 0 Å². The standard InChI is InChI=1S/C10H11BrN4/c1-2-5-15-9(3-4-14-15)8-6-10(11)13-7-12-8/h3-4,6-7H,2,5H2,1H3. The average Bonchev–Trinajstić information content (AvgIpc) is 2.66. The molecule has 0 fully saturated rings.